The fraction of sp³-hybridized carbons (Fsp3) is 0.429. The van der Waals surface area contributed by atoms with Gasteiger partial charge in [-0.1, -0.05) is 28.1 Å². The molecule has 0 amide bonds. The summed E-state index contributed by atoms with van der Waals surface area (Å²) in [6.07, 6.45) is 1.04. The number of hydrogen-bond donors (Lipinski definition) is 0. The lowest BCUT2D eigenvalue weighted by atomic mass is 10.0. The van der Waals surface area contributed by atoms with Crippen molar-refractivity contribution in [2.24, 2.45) is 5.41 Å². The molecule has 2 rings (SSSR count). The topological polar surface area (TPSA) is 84.2 Å². The standard InChI is InChI=1S/C14H14BrNO4S/c1-3-20-13(17)14(8-16)11(12(14)21(2,18)19)9-4-6-10(15)7-5-9/h4-7,11-12H,3H2,1-2H3/t11-,12-,14+/m0/s1. The summed E-state index contributed by atoms with van der Waals surface area (Å²) in [6.45, 7) is 1.72. The Hall–Kier alpha value is -1.39. The van der Waals surface area contributed by atoms with Crippen molar-refractivity contribution in [1.82, 2.24) is 0 Å². The number of carbonyl (C=O) groups is 1. The number of nitriles is 1. The molecule has 3 atom stereocenters. The van der Waals surface area contributed by atoms with Crippen molar-refractivity contribution < 1.29 is 17.9 Å². The van der Waals surface area contributed by atoms with Gasteiger partial charge in [-0.15, -0.1) is 0 Å². The number of hydrogen-bond acceptors (Lipinski definition) is 5. The van der Waals surface area contributed by atoms with Crippen LogP contribution in [0.25, 0.3) is 0 Å². The molecule has 0 radical (unpaired) electrons. The number of nitrogens with zero attached hydrogens (tertiary/aromatic N) is 1. The quantitative estimate of drug-likeness (QED) is 0.756. The maximum absolute atomic E-state index is 12.1. The van der Waals surface area contributed by atoms with Crippen LogP contribution in [0.5, 0.6) is 0 Å². The van der Waals surface area contributed by atoms with E-state index >= 15 is 0 Å². The van der Waals surface area contributed by atoms with Gasteiger partial charge < -0.3 is 4.74 Å². The Kier molecular flexibility index (Phi) is 4.13. The Morgan fingerprint density at radius 1 is 1.43 bits per heavy atom. The highest BCUT2D eigenvalue weighted by Gasteiger charge is 2.76. The molecule has 1 aliphatic carbocycles. The SMILES string of the molecule is CCOC(=O)[C@]1(C#N)[C@@H](c2ccc(Br)cc2)[C@@H]1S(C)(=O)=O. The van der Waals surface area contributed by atoms with Crippen LogP contribution in [0, 0.1) is 16.7 Å². The zero-order chi connectivity index (χ0) is 15.8. The molecule has 0 bridgehead atoms. The highest BCUT2D eigenvalue weighted by Crippen LogP contribution is 2.63. The molecule has 1 aliphatic rings. The molecule has 1 aromatic carbocycles. The summed E-state index contributed by atoms with van der Waals surface area (Å²) in [6, 6.07) is 8.82. The van der Waals surface area contributed by atoms with E-state index in [2.05, 4.69) is 15.9 Å². The largest absolute Gasteiger partial charge is 0.465 e. The average Bonchev–Trinajstić information content (AvgIpc) is 3.10. The maximum atomic E-state index is 12.1. The van der Waals surface area contributed by atoms with Crippen LogP contribution in [0.2, 0.25) is 0 Å². The summed E-state index contributed by atoms with van der Waals surface area (Å²) < 4.78 is 29.7. The van der Waals surface area contributed by atoms with E-state index < -0.39 is 32.4 Å². The van der Waals surface area contributed by atoms with Crippen molar-refractivity contribution in [1.29, 1.82) is 5.26 Å². The predicted molar refractivity (Wildman–Crippen MR) is 80.2 cm³/mol. The van der Waals surface area contributed by atoms with Crippen molar-refractivity contribution in [3.05, 3.63) is 34.3 Å². The Labute approximate surface area is 132 Å². The molecule has 0 aliphatic heterocycles. The Morgan fingerprint density at radius 3 is 2.43 bits per heavy atom. The van der Waals surface area contributed by atoms with Gasteiger partial charge in [0.25, 0.3) is 0 Å². The lowest BCUT2D eigenvalue weighted by Crippen LogP contribution is -2.24. The van der Waals surface area contributed by atoms with E-state index in [0.717, 1.165) is 10.7 Å². The van der Waals surface area contributed by atoms with Gasteiger partial charge in [0, 0.05) is 16.6 Å². The molecule has 0 unspecified atom stereocenters. The van der Waals surface area contributed by atoms with Crippen LogP contribution in [0.4, 0.5) is 0 Å². The van der Waals surface area contributed by atoms with E-state index in [9.17, 15) is 18.5 Å². The zero-order valence-electron chi connectivity index (χ0n) is 11.5. The summed E-state index contributed by atoms with van der Waals surface area (Å²) in [5.41, 5.74) is -1.000. The van der Waals surface area contributed by atoms with Gasteiger partial charge in [-0.05, 0) is 24.6 Å². The summed E-state index contributed by atoms with van der Waals surface area (Å²) in [7, 11) is -3.56. The number of benzene rings is 1. The van der Waals surface area contributed by atoms with Crippen LogP contribution in [-0.4, -0.2) is 32.5 Å². The molecular formula is C14H14BrNO4S. The molecule has 0 N–H and O–H groups in total. The van der Waals surface area contributed by atoms with Gasteiger partial charge in [0.05, 0.1) is 12.7 Å². The molecule has 0 saturated heterocycles. The van der Waals surface area contributed by atoms with Gasteiger partial charge in [0.15, 0.2) is 15.3 Å². The van der Waals surface area contributed by atoms with Crippen LogP contribution < -0.4 is 0 Å². The number of halogens is 1. The monoisotopic (exact) mass is 371 g/mol. The highest BCUT2D eigenvalue weighted by molar-refractivity contribution is 9.10. The Bertz CT molecular complexity index is 707. The molecule has 1 aromatic rings. The third-order valence-electron chi connectivity index (χ3n) is 3.62. The third kappa shape index (κ3) is 2.58. The third-order valence-corrected chi connectivity index (χ3v) is 5.72. The van der Waals surface area contributed by atoms with E-state index in [0.29, 0.717) is 5.56 Å². The average molecular weight is 372 g/mol. The van der Waals surface area contributed by atoms with Crippen molar-refractivity contribution in [3.8, 4) is 6.07 Å². The first-order chi connectivity index (χ1) is 9.79. The number of sulfone groups is 1. The van der Waals surface area contributed by atoms with E-state index in [1.807, 2.05) is 6.07 Å². The summed E-state index contributed by atoms with van der Waals surface area (Å²) in [4.78, 5) is 12.1. The van der Waals surface area contributed by atoms with Crippen molar-refractivity contribution in [2.75, 3.05) is 12.9 Å². The predicted octanol–water partition coefficient (Wildman–Crippen LogP) is 2.03. The molecular weight excluding hydrogens is 358 g/mol. The second kappa shape index (κ2) is 5.43. The number of carbonyl (C=O) groups excluding carboxylic acids is 1. The Morgan fingerprint density at radius 2 is 2.00 bits per heavy atom. The van der Waals surface area contributed by atoms with Gasteiger partial charge in [-0.25, -0.2) is 8.42 Å². The van der Waals surface area contributed by atoms with Crippen molar-refractivity contribution in [2.45, 2.75) is 18.1 Å². The first-order valence-electron chi connectivity index (χ1n) is 6.31. The Balaban J connectivity index is 2.50. The van der Waals surface area contributed by atoms with Crippen LogP contribution in [-0.2, 0) is 19.4 Å². The van der Waals surface area contributed by atoms with Gasteiger partial charge in [0.2, 0.25) is 0 Å². The van der Waals surface area contributed by atoms with Crippen LogP contribution in [0.15, 0.2) is 28.7 Å². The molecule has 5 nitrogen and oxygen atoms in total. The van der Waals surface area contributed by atoms with Crippen LogP contribution in [0.3, 0.4) is 0 Å². The first kappa shape index (κ1) is 16.0. The fourth-order valence-electron chi connectivity index (χ4n) is 2.72. The minimum absolute atomic E-state index is 0.103. The smallest absolute Gasteiger partial charge is 0.328 e. The fourth-order valence-corrected chi connectivity index (χ4v) is 4.74. The van der Waals surface area contributed by atoms with Gasteiger partial charge in [-0.2, -0.15) is 5.26 Å². The van der Waals surface area contributed by atoms with Crippen LogP contribution >= 0.6 is 15.9 Å². The maximum Gasteiger partial charge on any atom is 0.328 e. The molecule has 7 heteroatoms. The minimum atomic E-state index is -3.56. The lowest BCUT2D eigenvalue weighted by molar-refractivity contribution is -0.147. The van der Waals surface area contributed by atoms with E-state index in [4.69, 9.17) is 4.74 Å². The number of rotatable bonds is 4. The molecule has 1 fully saturated rings. The number of ether oxygens (including phenoxy) is 1. The van der Waals surface area contributed by atoms with Crippen molar-refractivity contribution in [3.63, 3.8) is 0 Å². The second-order valence-electron chi connectivity index (χ2n) is 4.98. The molecule has 112 valence electrons. The lowest BCUT2D eigenvalue weighted by Gasteiger charge is -2.08. The number of esters is 1. The van der Waals surface area contributed by atoms with E-state index in [-0.39, 0.29) is 6.61 Å². The molecule has 0 aromatic heterocycles. The highest BCUT2D eigenvalue weighted by atomic mass is 79.9. The summed E-state index contributed by atoms with van der Waals surface area (Å²) in [5, 5.41) is 8.39. The van der Waals surface area contributed by atoms with Gasteiger partial charge >= 0.3 is 5.97 Å². The van der Waals surface area contributed by atoms with Crippen molar-refractivity contribution >= 4 is 31.7 Å². The summed E-state index contributed by atoms with van der Waals surface area (Å²) in [5.74, 6) is -1.46. The minimum Gasteiger partial charge on any atom is -0.465 e. The van der Waals surface area contributed by atoms with Crippen LogP contribution in [0.1, 0.15) is 18.4 Å². The molecule has 0 spiro atoms. The molecule has 21 heavy (non-hydrogen) atoms. The normalized spacial score (nSPS) is 27.7. The molecule has 0 heterocycles. The zero-order valence-corrected chi connectivity index (χ0v) is 13.9. The van der Waals surface area contributed by atoms with Gasteiger partial charge in [0.1, 0.15) is 5.25 Å². The second-order valence-corrected chi connectivity index (χ2v) is 8.06. The molecule has 1 saturated carbocycles. The van der Waals surface area contributed by atoms with E-state index in [1.165, 1.54) is 0 Å². The first-order valence-corrected chi connectivity index (χ1v) is 9.06. The van der Waals surface area contributed by atoms with Gasteiger partial charge in [-0.3, -0.25) is 4.79 Å². The summed E-state index contributed by atoms with van der Waals surface area (Å²) >= 11 is 3.29. The van der Waals surface area contributed by atoms with E-state index in [1.54, 1.807) is 31.2 Å².